The van der Waals surface area contributed by atoms with Gasteiger partial charge in [0.05, 0.1) is 6.54 Å². The number of hydrogen-bond donors (Lipinski definition) is 1. The number of aliphatic hydroxyl groups excluding tert-OH is 1. The van der Waals surface area contributed by atoms with E-state index in [4.69, 9.17) is 0 Å². The van der Waals surface area contributed by atoms with Crippen molar-refractivity contribution in [3.8, 4) is 0 Å². The summed E-state index contributed by atoms with van der Waals surface area (Å²) in [5.74, 6) is 1.11. The lowest BCUT2D eigenvalue weighted by Gasteiger charge is -2.41. The average Bonchev–Trinajstić information content (AvgIpc) is 3.02. The maximum atomic E-state index is 9.79. The van der Waals surface area contributed by atoms with E-state index in [0.29, 0.717) is 6.61 Å². The summed E-state index contributed by atoms with van der Waals surface area (Å²) in [6.07, 6.45) is 7.29. The summed E-state index contributed by atoms with van der Waals surface area (Å²) in [4.78, 5) is 7.02. The van der Waals surface area contributed by atoms with Crippen LogP contribution in [0.15, 0.2) is 42.7 Å². The zero-order valence-electron chi connectivity index (χ0n) is 14.0. The summed E-state index contributed by atoms with van der Waals surface area (Å²) in [5, 5.41) is 9.79. The van der Waals surface area contributed by atoms with Crippen molar-refractivity contribution in [2.24, 2.45) is 5.41 Å². The smallest absolute Gasteiger partial charge is 0.123 e. The van der Waals surface area contributed by atoms with Gasteiger partial charge in [0.15, 0.2) is 0 Å². The Kier molecular flexibility index (Phi) is 5.13. The van der Waals surface area contributed by atoms with Crippen molar-refractivity contribution in [2.45, 2.75) is 39.3 Å². The monoisotopic (exact) mass is 313 g/mol. The Bertz CT molecular complexity index is 604. The number of aliphatic hydroxyl groups is 1. The topological polar surface area (TPSA) is 41.3 Å². The highest BCUT2D eigenvalue weighted by Gasteiger charge is 2.33. The lowest BCUT2D eigenvalue weighted by molar-refractivity contribution is 0.0244. The van der Waals surface area contributed by atoms with Gasteiger partial charge in [-0.25, -0.2) is 4.98 Å². The molecule has 124 valence electrons. The maximum Gasteiger partial charge on any atom is 0.123 e. The van der Waals surface area contributed by atoms with E-state index in [-0.39, 0.29) is 5.41 Å². The predicted octanol–water partition coefficient (Wildman–Crippen LogP) is 2.92. The normalized spacial score (nSPS) is 22.3. The third-order valence-electron chi connectivity index (χ3n) is 5.19. The highest BCUT2D eigenvalue weighted by molar-refractivity contribution is 5.15. The van der Waals surface area contributed by atoms with Crippen molar-refractivity contribution >= 4 is 0 Å². The average molecular weight is 313 g/mol. The van der Waals surface area contributed by atoms with Gasteiger partial charge in [-0.1, -0.05) is 37.3 Å². The molecule has 2 aromatic rings. The van der Waals surface area contributed by atoms with Crippen LogP contribution >= 0.6 is 0 Å². The molecule has 1 fully saturated rings. The molecule has 1 aromatic carbocycles. The van der Waals surface area contributed by atoms with Crippen molar-refractivity contribution in [3.05, 3.63) is 54.1 Å². The van der Waals surface area contributed by atoms with Gasteiger partial charge >= 0.3 is 0 Å². The van der Waals surface area contributed by atoms with Crippen LogP contribution in [-0.4, -0.2) is 39.3 Å². The quantitative estimate of drug-likeness (QED) is 0.891. The number of nitrogens with zero attached hydrogens (tertiary/aromatic N) is 3. The van der Waals surface area contributed by atoms with Gasteiger partial charge < -0.3 is 9.67 Å². The second-order valence-corrected chi connectivity index (χ2v) is 6.78. The van der Waals surface area contributed by atoms with Crippen LogP contribution in [0.3, 0.4) is 0 Å². The van der Waals surface area contributed by atoms with Crippen LogP contribution in [0.2, 0.25) is 0 Å². The fourth-order valence-electron chi connectivity index (χ4n) is 3.59. The largest absolute Gasteiger partial charge is 0.396 e. The predicted molar refractivity (Wildman–Crippen MR) is 92.1 cm³/mol. The maximum absolute atomic E-state index is 9.79. The van der Waals surface area contributed by atoms with Crippen LogP contribution in [0.25, 0.3) is 0 Å². The first-order valence-corrected chi connectivity index (χ1v) is 8.62. The number of benzene rings is 1. The van der Waals surface area contributed by atoms with Gasteiger partial charge in [-0.05, 0) is 31.4 Å². The molecule has 3 rings (SSSR count). The molecule has 1 aliphatic rings. The van der Waals surface area contributed by atoms with E-state index < -0.39 is 0 Å². The molecular weight excluding hydrogens is 286 g/mol. The zero-order valence-corrected chi connectivity index (χ0v) is 14.0. The number of likely N-dealkylation sites (tertiary alicyclic amines) is 1. The Morgan fingerprint density at radius 1 is 1.22 bits per heavy atom. The molecule has 0 amide bonds. The Labute approximate surface area is 138 Å². The third-order valence-corrected chi connectivity index (χ3v) is 5.19. The highest BCUT2D eigenvalue weighted by atomic mass is 16.3. The van der Waals surface area contributed by atoms with Crippen LogP contribution in [-0.2, 0) is 13.1 Å². The molecule has 1 aliphatic heterocycles. The molecule has 0 spiro atoms. The van der Waals surface area contributed by atoms with E-state index in [9.17, 15) is 5.11 Å². The van der Waals surface area contributed by atoms with E-state index in [0.717, 1.165) is 51.3 Å². The summed E-state index contributed by atoms with van der Waals surface area (Å²) in [6, 6.07) is 10.5. The second kappa shape index (κ2) is 7.28. The Hall–Kier alpha value is -1.65. The first kappa shape index (κ1) is 16.2. The molecule has 0 aliphatic carbocycles. The molecular formula is C19H27N3O. The van der Waals surface area contributed by atoms with Crippen molar-refractivity contribution in [3.63, 3.8) is 0 Å². The standard InChI is InChI=1S/C19H27N3O/c1-2-19(16-23)9-6-11-21(15-19)14-18-20-10-12-22(18)13-17-7-4-3-5-8-17/h3-5,7-8,10,12,23H,2,6,9,11,13-16H2,1H3. The molecule has 0 bridgehead atoms. The molecule has 0 radical (unpaired) electrons. The van der Waals surface area contributed by atoms with E-state index in [1.807, 2.05) is 12.3 Å². The molecule has 2 heterocycles. The summed E-state index contributed by atoms with van der Waals surface area (Å²) < 4.78 is 2.23. The van der Waals surface area contributed by atoms with Gasteiger partial charge in [0.2, 0.25) is 0 Å². The van der Waals surface area contributed by atoms with E-state index in [1.54, 1.807) is 0 Å². The Morgan fingerprint density at radius 2 is 2.04 bits per heavy atom. The molecule has 0 saturated carbocycles. The fraction of sp³-hybridized carbons (Fsp3) is 0.526. The zero-order chi connectivity index (χ0) is 16.1. The Balaban J connectivity index is 1.68. The molecule has 1 unspecified atom stereocenters. The van der Waals surface area contributed by atoms with Gasteiger partial charge in [0.25, 0.3) is 0 Å². The van der Waals surface area contributed by atoms with E-state index in [2.05, 4.69) is 51.8 Å². The number of imidazole rings is 1. The fourth-order valence-corrected chi connectivity index (χ4v) is 3.59. The van der Waals surface area contributed by atoms with Crippen LogP contribution < -0.4 is 0 Å². The molecule has 1 atom stereocenters. The summed E-state index contributed by atoms with van der Waals surface area (Å²) in [7, 11) is 0. The van der Waals surface area contributed by atoms with E-state index in [1.165, 1.54) is 5.56 Å². The van der Waals surface area contributed by atoms with Crippen LogP contribution in [0.1, 0.15) is 37.6 Å². The van der Waals surface area contributed by atoms with Gasteiger partial charge in [-0.3, -0.25) is 4.90 Å². The third kappa shape index (κ3) is 3.82. The first-order valence-electron chi connectivity index (χ1n) is 8.62. The van der Waals surface area contributed by atoms with Gasteiger partial charge in [0, 0.05) is 37.5 Å². The molecule has 23 heavy (non-hydrogen) atoms. The lowest BCUT2D eigenvalue weighted by atomic mass is 9.78. The number of rotatable bonds is 6. The van der Waals surface area contributed by atoms with Gasteiger partial charge in [-0.2, -0.15) is 0 Å². The summed E-state index contributed by atoms with van der Waals surface area (Å²) >= 11 is 0. The van der Waals surface area contributed by atoms with Crippen molar-refractivity contribution in [2.75, 3.05) is 19.7 Å². The highest BCUT2D eigenvalue weighted by Crippen LogP contribution is 2.33. The number of piperidine rings is 1. The first-order chi connectivity index (χ1) is 11.2. The van der Waals surface area contributed by atoms with Gasteiger partial charge in [0.1, 0.15) is 5.82 Å². The van der Waals surface area contributed by atoms with E-state index >= 15 is 0 Å². The molecule has 1 saturated heterocycles. The molecule has 1 N–H and O–H groups in total. The van der Waals surface area contributed by atoms with Crippen molar-refractivity contribution in [1.82, 2.24) is 14.5 Å². The lowest BCUT2D eigenvalue weighted by Crippen LogP contribution is -2.44. The SMILES string of the molecule is CCC1(CO)CCCN(Cc2nccn2Cc2ccccc2)C1. The van der Waals surface area contributed by atoms with Gasteiger partial charge in [-0.15, -0.1) is 0 Å². The Morgan fingerprint density at radius 3 is 2.78 bits per heavy atom. The molecule has 1 aromatic heterocycles. The second-order valence-electron chi connectivity index (χ2n) is 6.78. The minimum absolute atomic E-state index is 0.0785. The van der Waals surface area contributed by atoms with Crippen LogP contribution in [0.5, 0.6) is 0 Å². The van der Waals surface area contributed by atoms with Crippen molar-refractivity contribution in [1.29, 1.82) is 0 Å². The summed E-state index contributed by atoms with van der Waals surface area (Å²) in [5.41, 5.74) is 1.37. The number of hydrogen-bond acceptors (Lipinski definition) is 3. The summed E-state index contributed by atoms with van der Waals surface area (Å²) in [6.45, 7) is 6.27. The minimum atomic E-state index is 0.0785. The molecule has 4 nitrogen and oxygen atoms in total. The van der Waals surface area contributed by atoms with Crippen LogP contribution in [0.4, 0.5) is 0 Å². The molecule has 4 heteroatoms. The van der Waals surface area contributed by atoms with Crippen molar-refractivity contribution < 1.29 is 5.11 Å². The number of aromatic nitrogens is 2. The minimum Gasteiger partial charge on any atom is -0.396 e. The van der Waals surface area contributed by atoms with Crippen LogP contribution in [0, 0.1) is 5.41 Å².